The summed E-state index contributed by atoms with van der Waals surface area (Å²) in [6, 6.07) is 18.6. The van der Waals surface area contributed by atoms with Gasteiger partial charge in [-0.3, -0.25) is 0 Å². The number of aromatic nitrogens is 2. The maximum Gasteiger partial charge on any atom is 0.374 e. The van der Waals surface area contributed by atoms with Crippen LogP contribution >= 0.6 is 23.6 Å². The molecular weight excluding hydrogens is 499 g/mol. The highest BCUT2D eigenvalue weighted by atomic mass is 127. The number of halogens is 1. The van der Waals surface area contributed by atoms with E-state index in [0.29, 0.717) is 0 Å². The largest absolute Gasteiger partial charge is 1.00 e. The molecule has 0 aliphatic heterocycles. The Kier molecular flexibility index (Phi) is 6.85. The van der Waals surface area contributed by atoms with Gasteiger partial charge in [0.15, 0.2) is 3.95 Å². The van der Waals surface area contributed by atoms with Crippen molar-refractivity contribution in [3.8, 4) is 11.3 Å². The molecule has 2 aromatic heterocycles. The molecule has 0 fully saturated rings. The van der Waals surface area contributed by atoms with E-state index in [1.165, 1.54) is 11.3 Å². The van der Waals surface area contributed by atoms with Crippen molar-refractivity contribution in [3.63, 3.8) is 0 Å². The SMILES string of the molecule is CCn1c(-c2ccccc2)c(C=Cc2oc3ccccc3[n+]2CC)sc1=S.[I-]. The second-order valence-corrected chi connectivity index (χ2v) is 7.85. The van der Waals surface area contributed by atoms with E-state index in [4.69, 9.17) is 16.6 Å². The van der Waals surface area contributed by atoms with Crippen molar-refractivity contribution in [1.82, 2.24) is 4.57 Å². The molecule has 0 spiro atoms. The lowest BCUT2D eigenvalue weighted by Gasteiger charge is -2.07. The van der Waals surface area contributed by atoms with Crippen LogP contribution in [0.3, 0.4) is 0 Å². The lowest BCUT2D eigenvalue weighted by molar-refractivity contribution is -0.674. The number of fused-ring (bicyclic) bond motifs is 1. The third-order valence-corrected chi connectivity index (χ3v) is 6.03. The number of rotatable bonds is 5. The number of benzene rings is 2. The third kappa shape index (κ3) is 3.86. The number of hydrogen-bond donors (Lipinski definition) is 0. The lowest BCUT2D eigenvalue weighted by Crippen LogP contribution is -3.00. The zero-order valence-corrected chi connectivity index (χ0v) is 19.6. The average molecular weight is 520 g/mol. The summed E-state index contributed by atoms with van der Waals surface area (Å²) in [6.07, 6.45) is 4.18. The van der Waals surface area contributed by atoms with Crippen LogP contribution in [0.25, 0.3) is 34.5 Å². The smallest absolute Gasteiger partial charge is 0.374 e. The van der Waals surface area contributed by atoms with Crippen molar-refractivity contribution < 1.29 is 33.0 Å². The number of nitrogens with zero attached hydrogens (tertiary/aromatic N) is 2. The van der Waals surface area contributed by atoms with E-state index < -0.39 is 0 Å². The van der Waals surface area contributed by atoms with Crippen molar-refractivity contribution in [2.75, 3.05) is 0 Å². The highest BCUT2D eigenvalue weighted by Crippen LogP contribution is 2.31. The molecular formula is C22H21IN2OS2. The number of para-hydroxylation sites is 2. The van der Waals surface area contributed by atoms with Gasteiger partial charge in [0.1, 0.15) is 6.54 Å². The highest BCUT2D eigenvalue weighted by molar-refractivity contribution is 7.73. The molecule has 0 bridgehead atoms. The van der Waals surface area contributed by atoms with Gasteiger partial charge >= 0.3 is 5.89 Å². The van der Waals surface area contributed by atoms with Crippen LogP contribution in [-0.4, -0.2) is 4.57 Å². The van der Waals surface area contributed by atoms with Crippen LogP contribution in [0.15, 0.2) is 59.0 Å². The van der Waals surface area contributed by atoms with Gasteiger partial charge in [-0.15, -0.1) is 11.3 Å². The predicted molar refractivity (Wildman–Crippen MR) is 115 cm³/mol. The van der Waals surface area contributed by atoms with Crippen molar-refractivity contribution in [1.29, 1.82) is 0 Å². The maximum atomic E-state index is 6.07. The summed E-state index contributed by atoms with van der Waals surface area (Å²) in [5.74, 6) is 0.847. The predicted octanol–water partition coefficient (Wildman–Crippen LogP) is 3.19. The van der Waals surface area contributed by atoms with Crippen molar-refractivity contribution in [2.24, 2.45) is 0 Å². The Bertz CT molecular complexity index is 1170. The van der Waals surface area contributed by atoms with E-state index in [1.54, 1.807) is 11.3 Å². The zero-order chi connectivity index (χ0) is 18.8. The summed E-state index contributed by atoms with van der Waals surface area (Å²) < 4.78 is 11.3. The molecule has 0 unspecified atom stereocenters. The first kappa shape index (κ1) is 21.0. The molecule has 144 valence electrons. The monoisotopic (exact) mass is 520 g/mol. The van der Waals surface area contributed by atoms with E-state index in [-0.39, 0.29) is 24.0 Å². The summed E-state index contributed by atoms with van der Waals surface area (Å²) >= 11 is 7.25. The minimum absolute atomic E-state index is 0. The number of hydrogen-bond acceptors (Lipinski definition) is 3. The fraction of sp³-hybridized carbons (Fsp3) is 0.182. The molecule has 28 heavy (non-hydrogen) atoms. The molecule has 0 radical (unpaired) electrons. The topological polar surface area (TPSA) is 21.9 Å². The molecule has 0 amide bonds. The van der Waals surface area contributed by atoms with Crippen molar-refractivity contribution in [2.45, 2.75) is 26.9 Å². The Labute approximate surface area is 191 Å². The Morgan fingerprint density at radius 1 is 1.04 bits per heavy atom. The van der Waals surface area contributed by atoms with E-state index in [9.17, 15) is 0 Å². The normalized spacial score (nSPS) is 11.2. The molecule has 0 saturated heterocycles. The van der Waals surface area contributed by atoms with E-state index in [1.807, 2.05) is 24.3 Å². The Morgan fingerprint density at radius 2 is 1.75 bits per heavy atom. The van der Waals surface area contributed by atoms with Gasteiger partial charge in [0, 0.05) is 12.6 Å². The lowest BCUT2D eigenvalue weighted by atomic mass is 10.1. The van der Waals surface area contributed by atoms with Crippen LogP contribution in [0, 0.1) is 3.95 Å². The molecule has 4 aromatic rings. The molecule has 0 N–H and O–H groups in total. The summed E-state index contributed by atoms with van der Waals surface area (Å²) in [7, 11) is 0. The van der Waals surface area contributed by atoms with Gasteiger partial charge in [0.2, 0.25) is 5.58 Å². The first-order valence-corrected chi connectivity index (χ1v) is 10.3. The zero-order valence-electron chi connectivity index (χ0n) is 15.8. The maximum absolute atomic E-state index is 6.07. The first-order chi connectivity index (χ1) is 13.2. The molecule has 3 nitrogen and oxygen atoms in total. The molecule has 2 aromatic carbocycles. The minimum Gasteiger partial charge on any atom is -1.00 e. The van der Waals surface area contributed by atoms with Gasteiger partial charge in [0.25, 0.3) is 5.52 Å². The Balaban J connectivity index is 0.00000225. The van der Waals surface area contributed by atoms with Crippen LogP contribution in [0.1, 0.15) is 24.6 Å². The van der Waals surface area contributed by atoms with Gasteiger partial charge < -0.3 is 33.0 Å². The van der Waals surface area contributed by atoms with E-state index >= 15 is 0 Å². The summed E-state index contributed by atoms with van der Waals surface area (Å²) in [5, 5.41) is 0. The van der Waals surface area contributed by atoms with Gasteiger partial charge in [0.05, 0.1) is 16.6 Å². The average Bonchev–Trinajstić information content (AvgIpc) is 3.23. The molecule has 2 heterocycles. The summed E-state index contributed by atoms with van der Waals surface area (Å²) in [5.41, 5.74) is 4.37. The molecule has 6 heteroatoms. The van der Waals surface area contributed by atoms with Gasteiger partial charge in [-0.25, -0.2) is 0 Å². The van der Waals surface area contributed by atoms with E-state index in [2.05, 4.69) is 65.5 Å². The second-order valence-electron chi connectivity index (χ2n) is 6.18. The van der Waals surface area contributed by atoms with Crippen LogP contribution in [0.5, 0.6) is 0 Å². The van der Waals surface area contributed by atoms with Crippen LogP contribution in [-0.2, 0) is 13.1 Å². The van der Waals surface area contributed by atoms with Crippen molar-refractivity contribution in [3.05, 3.63) is 69.3 Å². The quantitative estimate of drug-likeness (QED) is 0.229. The van der Waals surface area contributed by atoms with Gasteiger partial charge in [-0.2, -0.15) is 4.57 Å². The third-order valence-electron chi connectivity index (χ3n) is 4.61. The van der Waals surface area contributed by atoms with Crippen LogP contribution in [0.4, 0.5) is 0 Å². The standard InChI is InChI=1S/C22H21N2OS2.HI/c1-3-23-17-12-8-9-13-18(17)25-20(23)15-14-19-21(16-10-6-5-7-11-16)24(4-2)22(26)27-19;/h5-15H,3-4H2,1-2H3;1H/q+1;/p-1. The van der Waals surface area contributed by atoms with E-state index in [0.717, 1.165) is 38.9 Å². The Hall–Kier alpha value is -1.77. The molecule has 0 saturated carbocycles. The first-order valence-electron chi connectivity index (χ1n) is 9.11. The summed E-state index contributed by atoms with van der Waals surface area (Å²) in [6.45, 7) is 5.97. The number of aryl methyl sites for hydroxylation is 1. The van der Waals surface area contributed by atoms with Crippen molar-refractivity contribution >= 4 is 46.8 Å². The fourth-order valence-electron chi connectivity index (χ4n) is 3.37. The molecule has 0 atom stereocenters. The minimum atomic E-state index is 0. The molecule has 0 aliphatic carbocycles. The van der Waals surface area contributed by atoms with Gasteiger partial charge in [-0.1, -0.05) is 42.5 Å². The fourth-order valence-corrected chi connectivity index (χ4v) is 4.84. The summed E-state index contributed by atoms with van der Waals surface area (Å²) in [4.78, 5) is 1.15. The number of thiazole rings is 1. The van der Waals surface area contributed by atoms with Crippen LogP contribution in [0.2, 0.25) is 0 Å². The van der Waals surface area contributed by atoms with Crippen LogP contribution < -0.4 is 28.5 Å². The Morgan fingerprint density at radius 3 is 2.46 bits per heavy atom. The van der Waals surface area contributed by atoms with Gasteiger partial charge in [-0.05, 0) is 43.8 Å². The second kappa shape index (κ2) is 9.15. The number of oxazole rings is 1. The molecule has 4 rings (SSSR count). The highest BCUT2D eigenvalue weighted by Gasteiger charge is 2.19. The molecule has 0 aliphatic rings.